The Morgan fingerprint density at radius 2 is 1.68 bits per heavy atom. The Balaban J connectivity index is 1.92. The Labute approximate surface area is 166 Å². The molecule has 0 unspecified atom stereocenters. The zero-order valence-corrected chi connectivity index (χ0v) is 16.3. The highest BCUT2D eigenvalue weighted by Crippen LogP contribution is 2.35. The van der Waals surface area contributed by atoms with Gasteiger partial charge in [-0.2, -0.15) is 0 Å². The van der Waals surface area contributed by atoms with E-state index in [1.165, 1.54) is 36.0 Å². The predicted molar refractivity (Wildman–Crippen MR) is 107 cm³/mol. The minimum absolute atomic E-state index is 0.00580. The van der Waals surface area contributed by atoms with Gasteiger partial charge < -0.3 is 5.11 Å². The zero-order valence-electron chi connectivity index (χ0n) is 14.7. The number of nitro groups is 1. The maximum atomic E-state index is 12.9. The van der Waals surface area contributed by atoms with Crippen LogP contribution in [0, 0.1) is 17.0 Å². The first-order chi connectivity index (χ1) is 13.3. The van der Waals surface area contributed by atoms with Crippen molar-refractivity contribution in [1.82, 2.24) is 0 Å². The average molecular weight is 416 g/mol. The minimum atomic E-state index is -3.92. The molecule has 0 saturated carbocycles. The number of phenolic OH excluding ortho intramolecular Hbond substituents is 1. The number of anilines is 1. The number of phenols is 1. The summed E-state index contributed by atoms with van der Waals surface area (Å²) in [7, 11) is -3.92. The van der Waals surface area contributed by atoms with Crippen LogP contribution >= 0.6 is 11.8 Å². The van der Waals surface area contributed by atoms with Crippen molar-refractivity contribution in [2.45, 2.75) is 21.6 Å². The number of hydrogen-bond donors (Lipinski definition) is 2. The third-order valence-corrected chi connectivity index (χ3v) is 6.60. The lowest BCUT2D eigenvalue weighted by Gasteiger charge is -2.14. The van der Waals surface area contributed by atoms with E-state index in [4.69, 9.17) is 0 Å². The minimum Gasteiger partial charge on any atom is -0.508 e. The number of nitrogens with zero attached hydrogens (tertiary/aromatic N) is 1. The molecule has 0 saturated heterocycles. The van der Waals surface area contributed by atoms with E-state index in [0.29, 0.717) is 15.4 Å². The van der Waals surface area contributed by atoms with Crippen molar-refractivity contribution < 1.29 is 18.4 Å². The van der Waals surface area contributed by atoms with Gasteiger partial charge in [0.1, 0.15) is 10.6 Å². The standard InChI is InChI=1S/C19H16N2O5S2/c1-13-16(5-4-6-17(13)22)20-28(25,26)19-8-3-2-7-18(19)27-15-11-9-14(10-12-15)21(23)24/h2-12,20,22H,1H3. The molecule has 0 aliphatic heterocycles. The first-order valence-electron chi connectivity index (χ1n) is 8.10. The van der Waals surface area contributed by atoms with Gasteiger partial charge >= 0.3 is 0 Å². The highest BCUT2D eigenvalue weighted by molar-refractivity contribution is 8.00. The third kappa shape index (κ3) is 4.26. The van der Waals surface area contributed by atoms with Crippen molar-refractivity contribution in [3.63, 3.8) is 0 Å². The van der Waals surface area contributed by atoms with Crippen molar-refractivity contribution in [2.24, 2.45) is 0 Å². The summed E-state index contributed by atoms with van der Waals surface area (Å²) >= 11 is 1.19. The quantitative estimate of drug-likeness (QED) is 0.450. The van der Waals surface area contributed by atoms with Gasteiger partial charge in [-0.1, -0.05) is 30.0 Å². The molecule has 28 heavy (non-hydrogen) atoms. The van der Waals surface area contributed by atoms with Crippen LogP contribution in [0.15, 0.2) is 81.4 Å². The number of aromatic hydroxyl groups is 1. The highest BCUT2D eigenvalue weighted by Gasteiger charge is 2.20. The van der Waals surface area contributed by atoms with E-state index in [0.717, 1.165) is 0 Å². The fraction of sp³-hybridized carbons (Fsp3) is 0.0526. The van der Waals surface area contributed by atoms with Crippen molar-refractivity contribution in [3.05, 3.63) is 82.4 Å². The fourth-order valence-electron chi connectivity index (χ4n) is 2.45. The van der Waals surface area contributed by atoms with Crippen LogP contribution in [-0.2, 0) is 10.0 Å². The second-order valence-electron chi connectivity index (χ2n) is 5.86. The van der Waals surface area contributed by atoms with E-state index >= 15 is 0 Å². The summed E-state index contributed by atoms with van der Waals surface area (Å²) in [4.78, 5) is 11.5. The Hall–Kier alpha value is -3.04. The van der Waals surface area contributed by atoms with Gasteiger partial charge in [0.05, 0.1) is 10.6 Å². The Morgan fingerprint density at radius 3 is 2.36 bits per heavy atom. The Morgan fingerprint density at radius 1 is 1.00 bits per heavy atom. The molecule has 0 radical (unpaired) electrons. The molecule has 7 nitrogen and oxygen atoms in total. The summed E-state index contributed by atoms with van der Waals surface area (Å²) in [6, 6.07) is 16.9. The molecule has 0 fully saturated rings. The molecule has 0 atom stereocenters. The lowest BCUT2D eigenvalue weighted by molar-refractivity contribution is -0.384. The van der Waals surface area contributed by atoms with E-state index in [-0.39, 0.29) is 22.0 Å². The summed E-state index contributed by atoms with van der Waals surface area (Å²) < 4.78 is 28.4. The molecule has 0 aromatic heterocycles. The number of nitrogens with one attached hydrogen (secondary N) is 1. The number of rotatable bonds is 6. The van der Waals surface area contributed by atoms with Crippen LogP contribution in [0.1, 0.15) is 5.56 Å². The second-order valence-corrected chi connectivity index (χ2v) is 8.62. The first kappa shape index (κ1) is 19.7. The van der Waals surface area contributed by atoms with Gasteiger partial charge in [0, 0.05) is 27.5 Å². The molecule has 144 valence electrons. The normalized spacial score (nSPS) is 11.2. The van der Waals surface area contributed by atoms with Gasteiger partial charge in [0.15, 0.2) is 0 Å². The molecule has 0 bridgehead atoms. The van der Waals surface area contributed by atoms with Gasteiger partial charge in [-0.05, 0) is 43.3 Å². The Bertz CT molecular complexity index is 1130. The molecule has 2 N–H and O–H groups in total. The van der Waals surface area contributed by atoms with Crippen molar-refractivity contribution in [1.29, 1.82) is 0 Å². The maximum absolute atomic E-state index is 12.9. The van der Waals surface area contributed by atoms with Gasteiger partial charge in [-0.25, -0.2) is 8.42 Å². The van der Waals surface area contributed by atoms with E-state index in [1.807, 2.05) is 0 Å². The summed E-state index contributed by atoms with van der Waals surface area (Å²) in [6.07, 6.45) is 0. The Kier molecular flexibility index (Phi) is 5.57. The molecular weight excluding hydrogens is 400 g/mol. The monoisotopic (exact) mass is 416 g/mol. The lowest BCUT2D eigenvalue weighted by Crippen LogP contribution is -2.14. The van der Waals surface area contributed by atoms with E-state index in [9.17, 15) is 23.6 Å². The number of non-ortho nitro benzene ring substituents is 1. The SMILES string of the molecule is Cc1c(O)cccc1NS(=O)(=O)c1ccccc1Sc1ccc([N+](=O)[O-])cc1. The van der Waals surface area contributed by atoms with Crippen LogP contribution in [0.2, 0.25) is 0 Å². The van der Waals surface area contributed by atoms with Crippen LogP contribution in [-0.4, -0.2) is 18.4 Å². The van der Waals surface area contributed by atoms with Crippen LogP contribution < -0.4 is 4.72 Å². The third-order valence-electron chi connectivity index (χ3n) is 3.96. The van der Waals surface area contributed by atoms with E-state index < -0.39 is 14.9 Å². The number of sulfonamides is 1. The van der Waals surface area contributed by atoms with Crippen LogP contribution in [0.3, 0.4) is 0 Å². The van der Waals surface area contributed by atoms with Crippen molar-refractivity contribution in [3.8, 4) is 5.75 Å². The van der Waals surface area contributed by atoms with Crippen LogP contribution in [0.4, 0.5) is 11.4 Å². The smallest absolute Gasteiger partial charge is 0.269 e. The summed E-state index contributed by atoms with van der Waals surface area (Å²) in [5, 5.41) is 20.6. The zero-order chi connectivity index (χ0) is 20.3. The summed E-state index contributed by atoms with van der Waals surface area (Å²) in [5.41, 5.74) is 0.674. The molecule has 0 spiro atoms. The lowest BCUT2D eigenvalue weighted by atomic mass is 10.2. The first-order valence-corrected chi connectivity index (χ1v) is 10.4. The molecule has 0 amide bonds. The fourth-order valence-corrected chi connectivity index (χ4v) is 4.96. The van der Waals surface area contributed by atoms with Gasteiger partial charge in [-0.3, -0.25) is 14.8 Å². The summed E-state index contributed by atoms with van der Waals surface area (Å²) in [5.74, 6) is -0.00580. The molecular formula is C19H16N2O5S2. The van der Waals surface area contributed by atoms with Crippen molar-refractivity contribution in [2.75, 3.05) is 4.72 Å². The van der Waals surface area contributed by atoms with Crippen LogP contribution in [0.25, 0.3) is 0 Å². The van der Waals surface area contributed by atoms with Crippen molar-refractivity contribution >= 4 is 33.2 Å². The van der Waals surface area contributed by atoms with Crippen LogP contribution in [0.5, 0.6) is 5.75 Å². The highest BCUT2D eigenvalue weighted by atomic mass is 32.2. The van der Waals surface area contributed by atoms with E-state index in [2.05, 4.69) is 4.72 Å². The maximum Gasteiger partial charge on any atom is 0.269 e. The van der Waals surface area contributed by atoms with Gasteiger partial charge in [0.25, 0.3) is 15.7 Å². The molecule has 0 heterocycles. The van der Waals surface area contributed by atoms with Gasteiger partial charge in [0.2, 0.25) is 0 Å². The molecule has 3 aromatic rings. The average Bonchev–Trinajstić information content (AvgIpc) is 2.66. The molecule has 3 rings (SSSR count). The number of hydrogen-bond acceptors (Lipinski definition) is 6. The molecule has 9 heteroatoms. The van der Waals surface area contributed by atoms with E-state index in [1.54, 1.807) is 49.4 Å². The predicted octanol–water partition coefficient (Wildman–Crippen LogP) is 4.56. The number of nitro benzene ring substituents is 1. The summed E-state index contributed by atoms with van der Waals surface area (Å²) in [6.45, 7) is 1.62. The molecule has 0 aliphatic rings. The largest absolute Gasteiger partial charge is 0.508 e. The number of benzene rings is 3. The molecule has 3 aromatic carbocycles. The topological polar surface area (TPSA) is 110 Å². The van der Waals surface area contributed by atoms with Gasteiger partial charge in [-0.15, -0.1) is 0 Å². The molecule has 0 aliphatic carbocycles. The second kappa shape index (κ2) is 7.91.